The minimum Gasteiger partial charge on any atom is -0.394 e. The molecule has 0 aliphatic rings. The van der Waals surface area contributed by atoms with Crippen molar-refractivity contribution in [3.8, 4) is 11.8 Å². The molecule has 0 aliphatic carbocycles. The average Bonchev–Trinajstić information content (AvgIpc) is 2.92. The van der Waals surface area contributed by atoms with Gasteiger partial charge in [-0.15, -0.1) is 0 Å². The van der Waals surface area contributed by atoms with E-state index in [9.17, 15) is 23.2 Å². The number of carbonyl (C=O) groups is 1. The summed E-state index contributed by atoms with van der Waals surface area (Å²) in [4.78, 5) is 12.1. The van der Waals surface area contributed by atoms with Gasteiger partial charge < -0.3 is 15.0 Å². The third-order valence-electron chi connectivity index (χ3n) is 4.22. The molecule has 8 heteroatoms. The first-order valence-corrected chi connectivity index (χ1v) is 8.48. The fourth-order valence-corrected chi connectivity index (χ4v) is 2.80. The second-order valence-electron chi connectivity index (χ2n) is 6.44. The summed E-state index contributed by atoms with van der Waals surface area (Å²) in [6.07, 6.45) is -3.07. The number of carbonyl (C=O) groups excluding carboxylic acids is 1. The van der Waals surface area contributed by atoms with Crippen LogP contribution in [-0.4, -0.2) is 28.2 Å². The molecule has 0 saturated heterocycles. The van der Waals surface area contributed by atoms with Crippen LogP contribution in [0.25, 0.3) is 11.8 Å². The van der Waals surface area contributed by atoms with E-state index < -0.39 is 23.7 Å². The van der Waals surface area contributed by atoms with Crippen molar-refractivity contribution in [3.63, 3.8) is 0 Å². The maximum atomic E-state index is 13.0. The van der Waals surface area contributed by atoms with Gasteiger partial charge in [-0.3, -0.25) is 4.79 Å². The average molecular weight is 391 g/mol. The number of nitrogens with one attached hydrogen (secondary N) is 1. The standard InChI is InChI=1S/C20H20F3N3O2/c1-12(11-27)25-19(28)16(10-24)8-15-7-13(2)26(14(15)3)18-6-4-5-17(9-18)20(21,22)23/h4-9,12,27H,11H2,1-3H3,(H,25,28)/b16-8+. The molecule has 0 saturated carbocycles. The summed E-state index contributed by atoms with van der Waals surface area (Å²) in [5, 5.41) is 20.8. The van der Waals surface area contributed by atoms with Crippen molar-refractivity contribution in [2.45, 2.75) is 33.0 Å². The Morgan fingerprint density at radius 1 is 1.36 bits per heavy atom. The van der Waals surface area contributed by atoms with E-state index in [-0.39, 0.29) is 12.2 Å². The molecule has 0 radical (unpaired) electrons. The zero-order valence-electron chi connectivity index (χ0n) is 15.6. The zero-order chi connectivity index (χ0) is 21.1. The molecule has 148 valence electrons. The second-order valence-corrected chi connectivity index (χ2v) is 6.44. The van der Waals surface area contributed by atoms with Crippen LogP contribution in [0.1, 0.15) is 29.4 Å². The van der Waals surface area contributed by atoms with Gasteiger partial charge in [0.1, 0.15) is 11.6 Å². The summed E-state index contributed by atoms with van der Waals surface area (Å²) in [6.45, 7) is 4.74. The van der Waals surface area contributed by atoms with Gasteiger partial charge in [0.15, 0.2) is 0 Å². The van der Waals surface area contributed by atoms with Crippen LogP contribution < -0.4 is 5.32 Å². The van der Waals surface area contributed by atoms with E-state index in [0.29, 0.717) is 22.6 Å². The van der Waals surface area contributed by atoms with Gasteiger partial charge in [0.25, 0.3) is 5.91 Å². The second kappa shape index (κ2) is 8.31. The SMILES string of the molecule is Cc1cc(/C=C(\C#N)C(=O)NC(C)CO)c(C)n1-c1cccc(C(F)(F)F)c1. The first-order valence-electron chi connectivity index (χ1n) is 8.48. The smallest absolute Gasteiger partial charge is 0.394 e. The molecule has 0 bridgehead atoms. The number of aliphatic hydroxyl groups excluding tert-OH is 1. The summed E-state index contributed by atoms with van der Waals surface area (Å²) in [7, 11) is 0. The number of aryl methyl sites for hydroxylation is 1. The van der Waals surface area contributed by atoms with E-state index in [1.165, 1.54) is 12.1 Å². The highest BCUT2D eigenvalue weighted by Gasteiger charge is 2.30. The molecule has 0 fully saturated rings. The van der Waals surface area contributed by atoms with E-state index in [4.69, 9.17) is 5.11 Å². The number of hydrogen-bond acceptors (Lipinski definition) is 3. The van der Waals surface area contributed by atoms with Crippen LogP contribution in [0.4, 0.5) is 13.2 Å². The number of benzene rings is 1. The van der Waals surface area contributed by atoms with Gasteiger partial charge in [0.2, 0.25) is 0 Å². The minimum absolute atomic E-state index is 0.162. The van der Waals surface area contributed by atoms with Crippen LogP contribution in [0.5, 0.6) is 0 Å². The third kappa shape index (κ3) is 4.61. The Balaban J connectivity index is 2.47. The molecular weight excluding hydrogens is 371 g/mol. The van der Waals surface area contributed by atoms with E-state index in [1.807, 2.05) is 6.07 Å². The molecule has 1 unspecified atom stereocenters. The monoisotopic (exact) mass is 391 g/mol. The summed E-state index contributed by atoms with van der Waals surface area (Å²) in [5.74, 6) is -0.632. The molecule has 2 rings (SSSR count). The van der Waals surface area contributed by atoms with Gasteiger partial charge in [-0.1, -0.05) is 6.07 Å². The van der Waals surface area contributed by atoms with Crippen LogP contribution >= 0.6 is 0 Å². The first-order chi connectivity index (χ1) is 13.1. The molecule has 0 aliphatic heterocycles. The number of nitriles is 1. The van der Waals surface area contributed by atoms with Crippen molar-refractivity contribution >= 4 is 12.0 Å². The van der Waals surface area contributed by atoms with Gasteiger partial charge in [-0.25, -0.2) is 0 Å². The topological polar surface area (TPSA) is 78.1 Å². The van der Waals surface area contributed by atoms with Gasteiger partial charge in [0.05, 0.1) is 12.2 Å². The predicted molar refractivity (Wildman–Crippen MR) is 98.5 cm³/mol. The van der Waals surface area contributed by atoms with Crippen molar-refractivity contribution < 1.29 is 23.1 Å². The number of alkyl halides is 3. The number of hydrogen-bond donors (Lipinski definition) is 2. The van der Waals surface area contributed by atoms with Crippen molar-refractivity contribution in [2.75, 3.05) is 6.61 Å². The fourth-order valence-electron chi connectivity index (χ4n) is 2.80. The molecule has 2 aromatic rings. The van der Waals surface area contributed by atoms with Gasteiger partial charge in [0, 0.05) is 23.1 Å². The van der Waals surface area contributed by atoms with E-state index in [1.54, 1.807) is 37.5 Å². The third-order valence-corrected chi connectivity index (χ3v) is 4.22. The largest absolute Gasteiger partial charge is 0.416 e. The van der Waals surface area contributed by atoms with Crippen molar-refractivity contribution in [1.82, 2.24) is 9.88 Å². The molecule has 1 aromatic carbocycles. The lowest BCUT2D eigenvalue weighted by molar-refractivity contribution is -0.137. The van der Waals surface area contributed by atoms with Crippen molar-refractivity contribution in [3.05, 3.63) is 58.4 Å². The highest BCUT2D eigenvalue weighted by atomic mass is 19.4. The van der Waals surface area contributed by atoms with Crippen LogP contribution in [0.2, 0.25) is 0 Å². The Morgan fingerprint density at radius 2 is 2.04 bits per heavy atom. The number of halogens is 3. The number of amides is 1. The molecule has 0 spiro atoms. The zero-order valence-corrected chi connectivity index (χ0v) is 15.6. The molecular formula is C20H20F3N3O2. The van der Waals surface area contributed by atoms with E-state index in [2.05, 4.69) is 5.32 Å². The van der Waals surface area contributed by atoms with Crippen molar-refractivity contribution in [2.24, 2.45) is 0 Å². The lowest BCUT2D eigenvalue weighted by Gasteiger charge is -2.13. The predicted octanol–water partition coefficient (Wildman–Crippen LogP) is 3.52. The lowest BCUT2D eigenvalue weighted by Crippen LogP contribution is -2.35. The first kappa shape index (κ1) is 21.3. The van der Waals surface area contributed by atoms with Gasteiger partial charge in [-0.2, -0.15) is 18.4 Å². The maximum absolute atomic E-state index is 13.0. The number of aliphatic hydroxyl groups is 1. The number of aromatic nitrogens is 1. The minimum atomic E-state index is -4.46. The van der Waals surface area contributed by atoms with Crippen LogP contribution in [0.3, 0.4) is 0 Å². The quantitative estimate of drug-likeness (QED) is 0.605. The highest BCUT2D eigenvalue weighted by Crippen LogP contribution is 2.31. The summed E-state index contributed by atoms with van der Waals surface area (Å²) in [5.41, 5.74) is 1.20. The van der Waals surface area contributed by atoms with Crippen LogP contribution in [0, 0.1) is 25.2 Å². The van der Waals surface area contributed by atoms with Gasteiger partial charge in [-0.05, 0) is 56.7 Å². The molecule has 2 N–H and O–H groups in total. The van der Waals surface area contributed by atoms with Crippen LogP contribution in [0.15, 0.2) is 35.9 Å². The molecule has 1 amide bonds. The van der Waals surface area contributed by atoms with Crippen LogP contribution in [-0.2, 0) is 11.0 Å². The Morgan fingerprint density at radius 3 is 2.61 bits per heavy atom. The van der Waals surface area contributed by atoms with E-state index in [0.717, 1.165) is 12.1 Å². The molecule has 1 heterocycles. The Kier molecular flexibility index (Phi) is 6.31. The maximum Gasteiger partial charge on any atom is 0.416 e. The molecule has 5 nitrogen and oxygen atoms in total. The fraction of sp³-hybridized carbons (Fsp3) is 0.300. The summed E-state index contributed by atoms with van der Waals surface area (Å²) < 4.78 is 40.7. The Labute approximate surface area is 160 Å². The lowest BCUT2D eigenvalue weighted by atomic mass is 10.1. The molecule has 28 heavy (non-hydrogen) atoms. The number of nitrogens with zero attached hydrogens (tertiary/aromatic N) is 2. The van der Waals surface area contributed by atoms with E-state index >= 15 is 0 Å². The normalized spacial score (nSPS) is 13.1. The summed E-state index contributed by atoms with van der Waals surface area (Å²) in [6, 6.07) is 7.93. The van der Waals surface area contributed by atoms with Crippen molar-refractivity contribution in [1.29, 1.82) is 5.26 Å². The Bertz CT molecular complexity index is 953. The molecule has 1 aromatic heterocycles. The number of rotatable bonds is 5. The summed E-state index contributed by atoms with van der Waals surface area (Å²) >= 11 is 0. The van der Waals surface area contributed by atoms with Gasteiger partial charge >= 0.3 is 6.18 Å². The Hall–Kier alpha value is -3.05. The highest BCUT2D eigenvalue weighted by molar-refractivity contribution is 6.02. The molecule has 1 atom stereocenters.